The molecule has 0 saturated heterocycles. The maximum absolute atomic E-state index is 12.4. The van der Waals surface area contributed by atoms with Crippen molar-refractivity contribution in [1.29, 1.82) is 0 Å². The first-order chi connectivity index (χ1) is 10.2. The van der Waals surface area contributed by atoms with Crippen molar-refractivity contribution in [2.24, 2.45) is 0 Å². The molecule has 0 unspecified atom stereocenters. The Hall–Kier alpha value is -2.95. The lowest BCUT2D eigenvalue weighted by Crippen LogP contribution is -2.41. The monoisotopic (exact) mass is 279 g/mol. The molecule has 0 spiro atoms. The smallest absolute Gasteiger partial charge is 0.261 e. The van der Waals surface area contributed by atoms with Gasteiger partial charge in [0, 0.05) is 12.5 Å². The van der Waals surface area contributed by atoms with Gasteiger partial charge >= 0.3 is 0 Å². The maximum atomic E-state index is 12.4. The zero-order chi connectivity index (χ0) is 14.8. The van der Waals surface area contributed by atoms with Crippen LogP contribution in [0.2, 0.25) is 0 Å². The number of aromatic nitrogens is 3. The average molecular weight is 279 g/mol. The third kappa shape index (κ3) is 2.29. The molecule has 0 atom stereocenters. The zero-order valence-electron chi connectivity index (χ0n) is 11.4. The molecule has 0 aliphatic heterocycles. The predicted octanol–water partition coefficient (Wildman–Crippen LogP) is 2.38. The molecule has 5 nitrogen and oxygen atoms in total. The van der Waals surface area contributed by atoms with E-state index in [1.54, 1.807) is 12.1 Å². The van der Waals surface area contributed by atoms with Gasteiger partial charge in [-0.25, -0.2) is 0 Å². The second-order valence-electron chi connectivity index (χ2n) is 4.62. The predicted molar refractivity (Wildman–Crippen MR) is 78.0 cm³/mol. The van der Waals surface area contributed by atoms with Gasteiger partial charge in [0.1, 0.15) is 5.69 Å². The number of rotatable bonds is 3. The van der Waals surface area contributed by atoms with Crippen LogP contribution in [0.25, 0.3) is 16.9 Å². The standard InChI is InChI=1S/C16H13N3O2/c1-12(20)16-15(13-8-4-2-5-9-13)17-18(19(16)21)14-10-6-3-7-11-14/h2-11H,1H3. The molecule has 3 aromatic rings. The second-order valence-corrected chi connectivity index (χ2v) is 4.62. The van der Waals surface area contributed by atoms with E-state index >= 15 is 0 Å². The van der Waals surface area contributed by atoms with Crippen LogP contribution in [0.4, 0.5) is 0 Å². The van der Waals surface area contributed by atoms with Crippen LogP contribution in [-0.4, -0.2) is 15.7 Å². The Labute approximate surface area is 121 Å². The molecule has 0 aliphatic carbocycles. The van der Waals surface area contributed by atoms with Crippen LogP contribution in [0, 0.1) is 5.21 Å². The Morgan fingerprint density at radius 1 is 1.05 bits per heavy atom. The highest BCUT2D eigenvalue weighted by atomic mass is 16.5. The van der Waals surface area contributed by atoms with Crippen molar-refractivity contribution in [1.82, 2.24) is 9.90 Å². The average Bonchev–Trinajstić information content (AvgIpc) is 2.87. The molecule has 1 heterocycles. The summed E-state index contributed by atoms with van der Waals surface area (Å²) in [6, 6.07) is 18.2. The molecule has 0 fully saturated rings. The molecular weight excluding hydrogens is 266 g/mol. The van der Waals surface area contributed by atoms with Gasteiger partial charge in [0.05, 0.1) is 5.10 Å². The summed E-state index contributed by atoms with van der Waals surface area (Å²) in [6.45, 7) is 1.37. The van der Waals surface area contributed by atoms with Crippen LogP contribution < -0.4 is 4.85 Å². The SMILES string of the molecule is CC(=O)c1c(-c2ccccc2)nn(-c2ccccc2)[n+]1[O-]. The van der Waals surface area contributed by atoms with Crippen LogP contribution in [0.15, 0.2) is 60.7 Å². The normalized spacial score (nSPS) is 10.5. The van der Waals surface area contributed by atoms with Gasteiger partial charge in [-0.15, -0.1) is 4.85 Å². The minimum atomic E-state index is -0.314. The van der Waals surface area contributed by atoms with Gasteiger partial charge in [0.15, 0.2) is 0 Å². The Bertz CT molecular complexity index is 780. The first-order valence-corrected chi connectivity index (χ1v) is 6.53. The molecule has 0 radical (unpaired) electrons. The summed E-state index contributed by atoms with van der Waals surface area (Å²) in [5.74, 6) is -0.314. The highest BCUT2D eigenvalue weighted by Crippen LogP contribution is 2.20. The van der Waals surface area contributed by atoms with Crippen molar-refractivity contribution in [2.45, 2.75) is 6.92 Å². The van der Waals surface area contributed by atoms with Gasteiger partial charge in [-0.3, -0.25) is 4.79 Å². The number of carbonyl (C=O) groups excluding carboxylic acids is 1. The molecule has 5 heteroatoms. The molecule has 0 saturated carbocycles. The van der Waals surface area contributed by atoms with Crippen molar-refractivity contribution in [3.05, 3.63) is 71.6 Å². The minimum absolute atomic E-state index is 0.0463. The van der Waals surface area contributed by atoms with Gasteiger partial charge in [-0.05, 0) is 16.9 Å². The fourth-order valence-corrected chi connectivity index (χ4v) is 2.18. The van der Waals surface area contributed by atoms with E-state index in [1.165, 1.54) is 11.7 Å². The highest BCUT2D eigenvalue weighted by molar-refractivity contribution is 5.96. The Kier molecular flexibility index (Phi) is 3.23. The van der Waals surface area contributed by atoms with Gasteiger partial charge in [0.2, 0.25) is 11.5 Å². The molecule has 0 aliphatic rings. The summed E-state index contributed by atoms with van der Waals surface area (Å²) in [6.07, 6.45) is 0. The Morgan fingerprint density at radius 3 is 2.19 bits per heavy atom. The fourth-order valence-electron chi connectivity index (χ4n) is 2.18. The van der Waals surface area contributed by atoms with E-state index in [9.17, 15) is 10.0 Å². The van der Waals surface area contributed by atoms with Crippen LogP contribution in [0.5, 0.6) is 0 Å². The minimum Gasteiger partial charge on any atom is -0.692 e. The Morgan fingerprint density at radius 2 is 1.62 bits per heavy atom. The van der Waals surface area contributed by atoms with Crippen LogP contribution in [0.1, 0.15) is 17.4 Å². The number of benzene rings is 2. The fraction of sp³-hybridized carbons (Fsp3) is 0.0625. The third-order valence-corrected chi connectivity index (χ3v) is 3.15. The lowest BCUT2D eigenvalue weighted by molar-refractivity contribution is -0.690. The topological polar surface area (TPSA) is 61.8 Å². The number of carbonyl (C=O) groups is 1. The van der Waals surface area contributed by atoms with Gasteiger partial charge in [0.25, 0.3) is 5.69 Å². The summed E-state index contributed by atoms with van der Waals surface area (Å²) < 4.78 is 0. The van der Waals surface area contributed by atoms with Crippen LogP contribution in [0.3, 0.4) is 0 Å². The quantitative estimate of drug-likeness (QED) is 0.420. The van der Waals surface area contributed by atoms with E-state index < -0.39 is 0 Å². The summed E-state index contributed by atoms with van der Waals surface area (Å²) in [5, 5.41) is 16.7. The summed E-state index contributed by atoms with van der Waals surface area (Å²) in [4.78, 5) is 13.6. The summed E-state index contributed by atoms with van der Waals surface area (Å²) in [7, 11) is 0. The molecular formula is C16H13N3O2. The Balaban J connectivity index is 2.24. The molecule has 0 bridgehead atoms. The molecule has 0 N–H and O–H groups in total. The van der Waals surface area contributed by atoms with E-state index in [4.69, 9.17) is 0 Å². The highest BCUT2D eigenvalue weighted by Gasteiger charge is 2.27. The van der Waals surface area contributed by atoms with E-state index in [0.717, 1.165) is 5.56 Å². The second kappa shape index (κ2) is 5.20. The van der Waals surface area contributed by atoms with E-state index in [0.29, 0.717) is 16.2 Å². The number of hydrogen-bond donors (Lipinski definition) is 0. The van der Waals surface area contributed by atoms with Crippen LogP contribution >= 0.6 is 0 Å². The summed E-state index contributed by atoms with van der Waals surface area (Å²) >= 11 is 0. The van der Waals surface area contributed by atoms with E-state index in [-0.39, 0.29) is 11.5 Å². The van der Waals surface area contributed by atoms with Gasteiger partial charge in [-0.1, -0.05) is 48.5 Å². The lowest BCUT2D eigenvalue weighted by atomic mass is 10.1. The molecule has 2 aromatic carbocycles. The number of para-hydroxylation sites is 1. The van der Waals surface area contributed by atoms with Crippen molar-refractivity contribution in [3.63, 3.8) is 0 Å². The summed E-state index contributed by atoms with van der Waals surface area (Å²) in [5.41, 5.74) is 1.78. The molecule has 1 aromatic heterocycles. The number of ketones is 1. The molecule has 21 heavy (non-hydrogen) atoms. The van der Waals surface area contributed by atoms with Crippen LogP contribution in [-0.2, 0) is 0 Å². The largest absolute Gasteiger partial charge is 0.692 e. The van der Waals surface area contributed by atoms with Crippen molar-refractivity contribution >= 4 is 5.78 Å². The van der Waals surface area contributed by atoms with Crippen molar-refractivity contribution < 1.29 is 9.64 Å². The number of nitrogens with zero attached hydrogens (tertiary/aromatic N) is 3. The number of hydrogen-bond acceptors (Lipinski definition) is 3. The third-order valence-electron chi connectivity index (χ3n) is 3.15. The molecule has 104 valence electrons. The van der Waals surface area contributed by atoms with Gasteiger partial charge < -0.3 is 5.21 Å². The van der Waals surface area contributed by atoms with E-state index in [1.807, 2.05) is 48.5 Å². The lowest BCUT2D eigenvalue weighted by Gasteiger charge is -2.04. The zero-order valence-corrected chi connectivity index (χ0v) is 11.4. The van der Waals surface area contributed by atoms with Gasteiger partial charge in [-0.2, -0.15) is 0 Å². The maximum Gasteiger partial charge on any atom is 0.261 e. The molecule has 0 amide bonds. The van der Waals surface area contributed by atoms with Crippen molar-refractivity contribution in [3.8, 4) is 16.9 Å². The number of Topliss-reactive ketones (excluding diaryl/α,β-unsaturated/α-hetero) is 1. The molecule has 3 rings (SSSR count). The first kappa shape index (κ1) is 13.1. The van der Waals surface area contributed by atoms with E-state index in [2.05, 4.69) is 5.10 Å². The first-order valence-electron chi connectivity index (χ1n) is 6.53. The van der Waals surface area contributed by atoms with Crippen molar-refractivity contribution in [2.75, 3.05) is 0 Å².